The molecule has 2 heterocycles. The van der Waals surface area contributed by atoms with Crippen LogP contribution in [-0.4, -0.2) is 31.8 Å². The SMILES string of the molecule is CC(CNCCc1ccccc1)Cn1cnc2c1c(=O)n(C)c(=O)n2C.[Cl-]. The van der Waals surface area contributed by atoms with Gasteiger partial charge in [0.05, 0.1) is 6.33 Å². The molecule has 146 valence electrons. The van der Waals surface area contributed by atoms with Crippen molar-refractivity contribution in [1.29, 1.82) is 0 Å². The summed E-state index contributed by atoms with van der Waals surface area (Å²) < 4.78 is 4.39. The van der Waals surface area contributed by atoms with E-state index >= 15 is 0 Å². The molecule has 0 radical (unpaired) electrons. The van der Waals surface area contributed by atoms with Gasteiger partial charge in [0, 0.05) is 20.6 Å². The Labute approximate surface area is 164 Å². The summed E-state index contributed by atoms with van der Waals surface area (Å²) in [5.74, 6) is 0.324. The van der Waals surface area contributed by atoms with Gasteiger partial charge in [0.15, 0.2) is 11.2 Å². The van der Waals surface area contributed by atoms with Crippen LogP contribution in [0.15, 0.2) is 46.2 Å². The third-order valence-corrected chi connectivity index (χ3v) is 4.65. The van der Waals surface area contributed by atoms with Crippen molar-refractivity contribution in [2.45, 2.75) is 19.9 Å². The Balaban J connectivity index is 0.00000261. The summed E-state index contributed by atoms with van der Waals surface area (Å²) in [5, 5.41) is 3.47. The Morgan fingerprint density at radius 1 is 1.11 bits per heavy atom. The molecule has 2 aromatic heterocycles. The van der Waals surface area contributed by atoms with Crippen molar-refractivity contribution >= 4 is 11.2 Å². The zero-order valence-electron chi connectivity index (χ0n) is 15.9. The number of imidazole rings is 1. The summed E-state index contributed by atoms with van der Waals surface area (Å²) in [5.41, 5.74) is 1.57. The monoisotopic (exact) mass is 390 g/mol. The third kappa shape index (κ3) is 4.48. The first-order valence-electron chi connectivity index (χ1n) is 8.84. The molecular formula is C19H25ClN5O2-. The molecule has 27 heavy (non-hydrogen) atoms. The predicted molar refractivity (Wildman–Crippen MR) is 102 cm³/mol. The third-order valence-electron chi connectivity index (χ3n) is 4.65. The first kappa shape index (κ1) is 20.9. The molecule has 1 aromatic carbocycles. The quantitative estimate of drug-likeness (QED) is 0.469. The van der Waals surface area contributed by atoms with Crippen molar-refractivity contribution < 1.29 is 12.4 Å². The highest BCUT2D eigenvalue weighted by Crippen LogP contribution is 2.08. The minimum atomic E-state index is -0.358. The van der Waals surface area contributed by atoms with Crippen molar-refractivity contribution in [2.75, 3.05) is 13.1 Å². The van der Waals surface area contributed by atoms with Crippen molar-refractivity contribution in [3.05, 3.63) is 63.1 Å². The topological polar surface area (TPSA) is 73.8 Å². The molecule has 7 nitrogen and oxygen atoms in total. The highest BCUT2D eigenvalue weighted by atomic mass is 35.5. The molecule has 0 aliphatic heterocycles. The van der Waals surface area contributed by atoms with Gasteiger partial charge in [0.1, 0.15) is 0 Å². The van der Waals surface area contributed by atoms with E-state index in [-0.39, 0.29) is 23.7 Å². The van der Waals surface area contributed by atoms with Gasteiger partial charge in [-0.1, -0.05) is 37.3 Å². The van der Waals surface area contributed by atoms with Gasteiger partial charge in [-0.15, -0.1) is 0 Å². The molecule has 8 heteroatoms. The first-order valence-corrected chi connectivity index (χ1v) is 8.84. The number of nitrogens with one attached hydrogen (secondary N) is 1. The first-order chi connectivity index (χ1) is 12.5. The fourth-order valence-corrected chi connectivity index (χ4v) is 3.16. The Morgan fingerprint density at radius 3 is 2.52 bits per heavy atom. The van der Waals surface area contributed by atoms with E-state index in [4.69, 9.17) is 0 Å². The molecule has 0 aliphatic carbocycles. The molecule has 0 bridgehead atoms. The molecular weight excluding hydrogens is 366 g/mol. The van der Waals surface area contributed by atoms with Gasteiger partial charge in [0.2, 0.25) is 0 Å². The normalized spacial score (nSPS) is 12.1. The number of aryl methyl sites for hydroxylation is 1. The van der Waals surface area contributed by atoms with E-state index in [1.165, 1.54) is 17.2 Å². The van der Waals surface area contributed by atoms with E-state index in [0.29, 0.717) is 23.6 Å². The number of halogens is 1. The Hall–Kier alpha value is -2.38. The van der Waals surface area contributed by atoms with E-state index in [9.17, 15) is 9.59 Å². The van der Waals surface area contributed by atoms with Crippen LogP contribution in [0.2, 0.25) is 0 Å². The zero-order chi connectivity index (χ0) is 18.7. The van der Waals surface area contributed by atoms with Gasteiger partial charge in [-0.25, -0.2) is 9.78 Å². The average Bonchev–Trinajstić information content (AvgIpc) is 3.06. The second-order valence-corrected chi connectivity index (χ2v) is 6.82. The fourth-order valence-electron chi connectivity index (χ4n) is 3.16. The second kappa shape index (κ2) is 9.01. The molecule has 0 saturated carbocycles. The lowest BCUT2D eigenvalue weighted by Gasteiger charge is -2.14. The molecule has 1 N–H and O–H groups in total. The summed E-state index contributed by atoms with van der Waals surface area (Å²) in [7, 11) is 3.13. The molecule has 3 aromatic rings. The maximum atomic E-state index is 12.5. The van der Waals surface area contributed by atoms with Crippen LogP contribution < -0.4 is 29.0 Å². The summed E-state index contributed by atoms with van der Waals surface area (Å²) >= 11 is 0. The Kier molecular flexibility index (Phi) is 6.98. The highest BCUT2D eigenvalue weighted by Gasteiger charge is 2.15. The van der Waals surface area contributed by atoms with Crippen LogP contribution in [0, 0.1) is 5.92 Å². The van der Waals surface area contributed by atoms with Crippen molar-refractivity contribution in [3.8, 4) is 0 Å². The Morgan fingerprint density at radius 2 is 1.81 bits per heavy atom. The number of rotatable bonds is 7. The smallest absolute Gasteiger partial charge is 0.332 e. The number of nitrogens with zero attached hydrogens (tertiary/aromatic N) is 4. The van der Waals surface area contributed by atoms with Gasteiger partial charge in [0.25, 0.3) is 5.56 Å². The van der Waals surface area contributed by atoms with Crippen molar-refractivity contribution in [1.82, 2.24) is 24.0 Å². The van der Waals surface area contributed by atoms with E-state index in [2.05, 4.69) is 41.5 Å². The molecule has 0 fully saturated rings. The number of hydrogen-bond acceptors (Lipinski definition) is 4. The summed E-state index contributed by atoms with van der Waals surface area (Å²) in [6.07, 6.45) is 2.64. The molecule has 0 amide bonds. The molecule has 1 unspecified atom stereocenters. The molecule has 1 atom stereocenters. The van der Waals surface area contributed by atoms with Gasteiger partial charge in [-0.2, -0.15) is 0 Å². The number of hydrogen-bond donors (Lipinski definition) is 1. The molecule has 0 spiro atoms. The Bertz CT molecular complexity index is 1010. The number of benzene rings is 1. The van der Waals surface area contributed by atoms with Gasteiger partial charge in [-0.3, -0.25) is 13.9 Å². The minimum absolute atomic E-state index is 0. The van der Waals surface area contributed by atoms with Gasteiger partial charge >= 0.3 is 5.69 Å². The summed E-state index contributed by atoms with van der Waals surface area (Å²) in [6, 6.07) is 10.4. The summed E-state index contributed by atoms with van der Waals surface area (Å²) in [4.78, 5) is 28.7. The lowest BCUT2D eigenvalue weighted by Crippen LogP contribution is -3.00. The molecule has 0 aliphatic rings. The average molecular weight is 391 g/mol. The largest absolute Gasteiger partial charge is 1.00 e. The number of aromatic nitrogens is 4. The van der Waals surface area contributed by atoms with E-state index in [0.717, 1.165) is 24.1 Å². The lowest BCUT2D eigenvalue weighted by molar-refractivity contribution is -0.00000573. The molecule has 0 saturated heterocycles. The van der Waals surface area contributed by atoms with Crippen molar-refractivity contribution in [2.24, 2.45) is 20.0 Å². The van der Waals surface area contributed by atoms with Gasteiger partial charge in [-0.05, 0) is 31.0 Å². The van der Waals surface area contributed by atoms with Crippen LogP contribution in [0.5, 0.6) is 0 Å². The molecule has 3 rings (SSSR count). The van der Waals surface area contributed by atoms with E-state index < -0.39 is 0 Å². The van der Waals surface area contributed by atoms with Crippen LogP contribution in [0.25, 0.3) is 11.2 Å². The standard InChI is InChI=1S/C19H25N5O2.ClH/c1-14(11-20-10-9-15-7-5-4-6-8-15)12-24-13-21-17-16(24)18(25)23(3)19(26)22(17)2;/h4-8,13-14,20H,9-12H2,1-3H3;1H/p-1. The number of fused-ring (bicyclic) bond motifs is 1. The van der Waals surface area contributed by atoms with Crippen molar-refractivity contribution in [3.63, 3.8) is 0 Å². The predicted octanol–water partition coefficient (Wildman–Crippen LogP) is -2.09. The zero-order valence-corrected chi connectivity index (χ0v) is 16.6. The van der Waals surface area contributed by atoms with Crippen LogP contribution in [0.1, 0.15) is 12.5 Å². The van der Waals surface area contributed by atoms with Crippen LogP contribution >= 0.6 is 0 Å². The lowest BCUT2D eigenvalue weighted by atomic mass is 10.1. The second-order valence-electron chi connectivity index (χ2n) is 6.82. The van der Waals surface area contributed by atoms with E-state index in [1.54, 1.807) is 13.4 Å². The highest BCUT2D eigenvalue weighted by molar-refractivity contribution is 5.69. The van der Waals surface area contributed by atoms with Crippen LogP contribution in [0.4, 0.5) is 0 Å². The summed E-state index contributed by atoms with van der Waals surface area (Å²) in [6.45, 7) is 4.56. The van der Waals surface area contributed by atoms with E-state index in [1.807, 2.05) is 10.6 Å². The fraction of sp³-hybridized carbons (Fsp3) is 0.421. The van der Waals surface area contributed by atoms with Crippen LogP contribution in [0.3, 0.4) is 0 Å². The van der Waals surface area contributed by atoms with Gasteiger partial charge < -0.3 is 22.3 Å². The van der Waals surface area contributed by atoms with Crippen LogP contribution in [-0.2, 0) is 27.1 Å². The maximum absolute atomic E-state index is 12.5. The minimum Gasteiger partial charge on any atom is -1.00 e. The maximum Gasteiger partial charge on any atom is 0.332 e.